The lowest BCUT2D eigenvalue weighted by molar-refractivity contribution is 0.160. The molecule has 1 aliphatic rings. The number of methoxy groups -OCH3 is 1. The minimum absolute atomic E-state index is 0.249. The number of hydrogen-bond donors (Lipinski definition) is 1. The van der Waals surface area contributed by atoms with Crippen LogP contribution in [0.3, 0.4) is 0 Å². The minimum atomic E-state index is 0.249. The first kappa shape index (κ1) is 15.7. The smallest absolute Gasteiger partial charge is 0.0589 e. The van der Waals surface area contributed by atoms with Crippen LogP contribution in [0.15, 0.2) is 30.3 Å². The van der Waals surface area contributed by atoms with Crippen LogP contribution >= 0.6 is 21.7 Å². The molecule has 0 unspecified atom stereocenters. The lowest BCUT2D eigenvalue weighted by Gasteiger charge is -2.15. The van der Waals surface area contributed by atoms with Gasteiger partial charge in [0.05, 0.1) is 6.61 Å². The molecule has 1 saturated heterocycles. The van der Waals surface area contributed by atoms with Crippen LogP contribution in [0.2, 0.25) is 0 Å². The summed E-state index contributed by atoms with van der Waals surface area (Å²) < 4.78 is 5.10. The van der Waals surface area contributed by atoms with Gasteiger partial charge in [0.25, 0.3) is 0 Å². The average Bonchev–Trinajstić information content (AvgIpc) is 2.81. The molecule has 2 rings (SSSR count). The van der Waals surface area contributed by atoms with Crippen LogP contribution in [0.25, 0.3) is 0 Å². The Bertz CT molecular complexity index is 324. The summed E-state index contributed by atoms with van der Waals surface area (Å²) in [5.41, 5.74) is 7.55. The van der Waals surface area contributed by atoms with Crippen molar-refractivity contribution in [2.45, 2.75) is 12.0 Å². The predicted octanol–water partition coefficient (Wildman–Crippen LogP) is 2.44. The molecule has 0 radical (unpaired) electrons. The summed E-state index contributed by atoms with van der Waals surface area (Å²) in [5, 5.41) is 0. The monoisotopic (exact) mass is 290 g/mol. The molecule has 2 atom stereocenters. The van der Waals surface area contributed by atoms with E-state index in [0.717, 1.165) is 26.2 Å². The highest BCUT2D eigenvalue weighted by molar-refractivity contribution is 6.85. The first-order chi connectivity index (χ1) is 8.81. The first-order valence-corrected chi connectivity index (χ1v) is 7.11. The summed E-state index contributed by atoms with van der Waals surface area (Å²) >= 11 is 0. The Labute approximate surface area is 118 Å². The maximum Gasteiger partial charge on any atom is 0.0589 e. The van der Waals surface area contributed by atoms with Crippen molar-refractivity contribution in [3.63, 3.8) is 0 Å². The summed E-state index contributed by atoms with van der Waals surface area (Å²) in [7, 11) is 9.96. The van der Waals surface area contributed by atoms with Gasteiger partial charge in [0.1, 0.15) is 0 Å². The topological polar surface area (TPSA) is 38.5 Å². The number of likely N-dealkylation sites (tertiary alicyclic amines) is 1. The van der Waals surface area contributed by atoms with E-state index in [1.165, 1.54) is 5.56 Å². The Morgan fingerprint density at radius 2 is 1.94 bits per heavy atom. The molecule has 1 heterocycles. The molecule has 0 amide bonds. The maximum absolute atomic E-state index is 6.19. The Kier molecular flexibility index (Phi) is 7.63. The van der Waals surface area contributed by atoms with Crippen molar-refractivity contribution in [1.29, 1.82) is 0 Å². The Morgan fingerprint density at radius 3 is 2.56 bits per heavy atom. The summed E-state index contributed by atoms with van der Waals surface area (Å²) in [4.78, 5) is 2.38. The quantitative estimate of drug-likeness (QED) is 0.926. The normalized spacial score (nSPS) is 23.6. The zero-order valence-electron chi connectivity index (χ0n) is 10.6. The third-order valence-electron chi connectivity index (χ3n) is 3.28. The van der Waals surface area contributed by atoms with Gasteiger partial charge in [-0.15, -0.1) is 0 Å². The Balaban J connectivity index is 0.000000771. The van der Waals surface area contributed by atoms with E-state index >= 15 is 0 Å². The van der Waals surface area contributed by atoms with Gasteiger partial charge in [-0.05, 0) is 5.56 Å². The van der Waals surface area contributed by atoms with Crippen molar-refractivity contribution in [3.8, 4) is 0 Å². The molecule has 0 bridgehead atoms. The second-order valence-corrected chi connectivity index (χ2v) is 4.43. The summed E-state index contributed by atoms with van der Waals surface area (Å²) in [6, 6.07) is 10.8. The zero-order valence-corrected chi connectivity index (χ0v) is 12.1. The maximum atomic E-state index is 6.19. The number of ether oxygens (including phenoxy) is 1. The molecule has 0 aromatic heterocycles. The lowest BCUT2D eigenvalue weighted by atomic mass is 9.95. The fourth-order valence-electron chi connectivity index (χ4n) is 2.37. The summed E-state index contributed by atoms with van der Waals surface area (Å²) in [6.07, 6.45) is 0. The van der Waals surface area contributed by atoms with E-state index in [-0.39, 0.29) is 6.04 Å². The molecule has 2 N–H and O–H groups in total. The van der Waals surface area contributed by atoms with Crippen LogP contribution in [0.5, 0.6) is 0 Å². The second-order valence-electron chi connectivity index (χ2n) is 4.43. The molecular formula is C13H20Cl2N2O. The average molecular weight is 291 g/mol. The van der Waals surface area contributed by atoms with E-state index in [1.807, 2.05) is 6.07 Å². The third-order valence-corrected chi connectivity index (χ3v) is 3.28. The summed E-state index contributed by atoms with van der Waals surface area (Å²) in [5.74, 6) is 0.470. The molecule has 1 aromatic carbocycles. The number of rotatable bonds is 4. The molecule has 1 aliphatic heterocycles. The SMILES string of the molecule is COCCN1C[C@@H](N)[C@H](c2ccccc2)C1.ClCl. The van der Waals surface area contributed by atoms with Crippen LogP contribution in [-0.2, 0) is 4.74 Å². The van der Waals surface area contributed by atoms with Crippen LogP contribution < -0.4 is 5.73 Å². The van der Waals surface area contributed by atoms with Gasteiger partial charge in [-0.3, -0.25) is 4.90 Å². The van der Waals surface area contributed by atoms with Crippen LogP contribution in [-0.4, -0.2) is 44.3 Å². The molecule has 5 heteroatoms. The van der Waals surface area contributed by atoms with Crippen LogP contribution in [0, 0.1) is 0 Å². The van der Waals surface area contributed by atoms with Gasteiger partial charge in [0, 0.05) is 60.4 Å². The standard InChI is InChI=1S/C13H20N2O.Cl2/c1-16-8-7-15-9-12(13(14)10-15)11-5-3-2-4-6-11;1-2/h2-6,12-13H,7-10,14H2,1H3;/t12-,13+;/m0./s1. The molecule has 0 saturated carbocycles. The van der Waals surface area contributed by atoms with Crippen molar-refractivity contribution >= 4 is 21.7 Å². The number of benzene rings is 1. The molecule has 102 valence electrons. The number of halogens is 2. The summed E-state index contributed by atoms with van der Waals surface area (Å²) in [6.45, 7) is 3.79. The fraction of sp³-hybridized carbons (Fsp3) is 0.538. The van der Waals surface area contributed by atoms with Crippen LogP contribution in [0.1, 0.15) is 11.5 Å². The van der Waals surface area contributed by atoms with E-state index in [2.05, 4.69) is 50.9 Å². The highest BCUT2D eigenvalue weighted by Crippen LogP contribution is 2.25. The van der Waals surface area contributed by atoms with Gasteiger partial charge >= 0.3 is 0 Å². The lowest BCUT2D eigenvalue weighted by Crippen LogP contribution is -2.30. The molecule has 1 fully saturated rings. The molecule has 18 heavy (non-hydrogen) atoms. The van der Waals surface area contributed by atoms with E-state index in [0.29, 0.717) is 5.92 Å². The Hall–Kier alpha value is -0.320. The molecule has 0 aliphatic carbocycles. The number of hydrogen-bond acceptors (Lipinski definition) is 3. The predicted molar refractivity (Wildman–Crippen MR) is 77.2 cm³/mol. The van der Waals surface area contributed by atoms with Crippen molar-refractivity contribution in [3.05, 3.63) is 35.9 Å². The number of nitrogens with two attached hydrogens (primary N) is 1. The van der Waals surface area contributed by atoms with Gasteiger partial charge in [0.2, 0.25) is 0 Å². The van der Waals surface area contributed by atoms with Gasteiger partial charge < -0.3 is 10.5 Å². The van der Waals surface area contributed by atoms with Gasteiger partial charge in [-0.1, -0.05) is 30.3 Å². The van der Waals surface area contributed by atoms with Gasteiger partial charge in [0.15, 0.2) is 0 Å². The molecule has 0 spiro atoms. The van der Waals surface area contributed by atoms with Crippen molar-refractivity contribution in [2.24, 2.45) is 5.73 Å². The van der Waals surface area contributed by atoms with Crippen molar-refractivity contribution < 1.29 is 4.74 Å². The minimum Gasteiger partial charge on any atom is -0.383 e. The highest BCUT2D eigenvalue weighted by atomic mass is 36.5. The molecular weight excluding hydrogens is 271 g/mol. The Morgan fingerprint density at radius 1 is 1.28 bits per heavy atom. The molecule has 3 nitrogen and oxygen atoms in total. The van der Waals surface area contributed by atoms with E-state index in [4.69, 9.17) is 10.5 Å². The highest BCUT2D eigenvalue weighted by Gasteiger charge is 2.30. The third kappa shape index (κ3) is 4.41. The zero-order chi connectivity index (χ0) is 13.4. The fourth-order valence-corrected chi connectivity index (χ4v) is 2.37. The van der Waals surface area contributed by atoms with Crippen molar-refractivity contribution in [2.75, 3.05) is 33.4 Å². The van der Waals surface area contributed by atoms with E-state index < -0.39 is 0 Å². The largest absolute Gasteiger partial charge is 0.383 e. The van der Waals surface area contributed by atoms with E-state index in [9.17, 15) is 0 Å². The number of nitrogens with zero attached hydrogens (tertiary/aromatic N) is 1. The second kappa shape index (κ2) is 8.73. The first-order valence-electron chi connectivity index (χ1n) is 5.97. The van der Waals surface area contributed by atoms with E-state index in [1.54, 1.807) is 7.11 Å². The van der Waals surface area contributed by atoms with Gasteiger partial charge in [-0.2, -0.15) is 0 Å². The van der Waals surface area contributed by atoms with Gasteiger partial charge in [-0.25, -0.2) is 0 Å². The van der Waals surface area contributed by atoms with Crippen molar-refractivity contribution in [1.82, 2.24) is 4.90 Å². The molecule has 1 aromatic rings. The van der Waals surface area contributed by atoms with Crippen LogP contribution in [0.4, 0.5) is 0 Å².